The maximum atomic E-state index is 13.8. The van der Waals surface area contributed by atoms with Crippen LogP contribution < -0.4 is 14.8 Å². The standard InChI is InChI=1S/C30H35FN2O4/c1-4-5-17-32-30(35)26(18-22-9-7-6-8-10-22)33(21-23-11-14-25(31)15-12-23)29(34)20-24-13-16-27(36-2)28(19-24)37-3/h6-16,19,26H,4-5,17-18,20-21H2,1-3H3,(H,32,35). The summed E-state index contributed by atoms with van der Waals surface area (Å²) < 4.78 is 24.3. The van der Waals surface area contributed by atoms with Crippen molar-refractivity contribution in [1.82, 2.24) is 10.2 Å². The van der Waals surface area contributed by atoms with Crippen LogP contribution in [-0.2, 0) is 29.0 Å². The molecule has 0 aliphatic heterocycles. The van der Waals surface area contributed by atoms with Gasteiger partial charge in [0.1, 0.15) is 11.9 Å². The van der Waals surface area contributed by atoms with E-state index in [-0.39, 0.29) is 30.6 Å². The van der Waals surface area contributed by atoms with Crippen LogP contribution in [0.3, 0.4) is 0 Å². The predicted octanol–water partition coefficient (Wildman–Crippen LogP) is 4.94. The first-order valence-electron chi connectivity index (χ1n) is 12.5. The first-order chi connectivity index (χ1) is 17.9. The molecular weight excluding hydrogens is 471 g/mol. The Morgan fingerprint density at radius 3 is 2.22 bits per heavy atom. The second kappa shape index (κ2) is 14.0. The van der Waals surface area contributed by atoms with Crippen molar-refractivity contribution in [3.63, 3.8) is 0 Å². The van der Waals surface area contributed by atoms with Crippen LogP contribution >= 0.6 is 0 Å². The molecule has 2 amide bonds. The molecule has 196 valence electrons. The Kier molecular flexibility index (Phi) is 10.5. The van der Waals surface area contributed by atoms with Crippen LogP contribution in [0.4, 0.5) is 4.39 Å². The van der Waals surface area contributed by atoms with Crippen LogP contribution in [0.25, 0.3) is 0 Å². The zero-order valence-electron chi connectivity index (χ0n) is 21.7. The van der Waals surface area contributed by atoms with Gasteiger partial charge in [0.05, 0.1) is 20.6 Å². The Labute approximate surface area is 218 Å². The highest BCUT2D eigenvalue weighted by molar-refractivity contribution is 5.88. The molecule has 6 nitrogen and oxygen atoms in total. The molecule has 7 heteroatoms. The highest BCUT2D eigenvalue weighted by Crippen LogP contribution is 2.28. The minimum atomic E-state index is -0.739. The van der Waals surface area contributed by atoms with E-state index >= 15 is 0 Å². The third kappa shape index (κ3) is 8.07. The minimum absolute atomic E-state index is 0.0646. The van der Waals surface area contributed by atoms with Crippen LogP contribution in [0.2, 0.25) is 0 Å². The molecule has 3 aromatic carbocycles. The number of ether oxygens (including phenoxy) is 2. The highest BCUT2D eigenvalue weighted by atomic mass is 19.1. The number of benzene rings is 3. The van der Waals surface area contributed by atoms with Crippen molar-refractivity contribution >= 4 is 11.8 Å². The average molecular weight is 507 g/mol. The van der Waals surface area contributed by atoms with Crippen LogP contribution in [-0.4, -0.2) is 43.5 Å². The summed E-state index contributed by atoms with van der Waals surface area (Å²) in [6, 6.07) is 20.2. The normalized spacial score (nSPS) is 11.5. The largest absolute Gasteiger partial charge is 0.493 e. The lowest BCUT2D eigenvalue weighted by Crippen LogP contribution is -2.51. The van der Waals surface area contributed by atoms with Gasteiger partial charge in [-0.15, -0.1) is 0 Å². The molecule has 0 bridgehead atoms. The van der Waals surface area contributed by atoms with Gasteiger partial charge in [-0.2, -0.15) is 0 Å². The molecule has 0 fully saturated rings. The van der Waals surface area contributed by atoms with Crippen molar-refractivity contribution in [2.75, 3.05) is 20.8 Å². The maximum absolute atomic E-state index is 13.8. The van der Waals surface area contributed by atoms with Gasteiger partial charge in [-0.3, -0.25) is 9.59 Å². The Balaban J connectivity index is 1.95. The topological polar surface area (TPSA) is 67.9 Å². The van der Waals surface area contributed by atoms with E-state index in [2.05, 4.69) is 12.2 Å². The quantitative estimate of drug-likeness (QED) is 0.334. The monoisotopic (exact) mass is 506 g/mol. The summed E-state index contributed by atoms with van der Waals surface area (Å²) in [4.78, 5) is 28.8. The molecule has 1 atom stereocenters. The number of amides is 2. The van der Waals surface area contributed by atoms with E-state index in [1.807, 2.05) is 36.4 Å². The molecular formula is C30H35FN2O4. The first-order valence-corrected chi connectivity index (χ1v) is 12.5. The lowest BCUT2D eigenvalue weighted by Gasteiger charge is -2.32. The predicted molar refractivity (Wildman–Crippen MR) is 142 cm³/mol. The highest BCUT2D eigenvalue weighted by Gasteiger charge is 2.30. The van der Waals surface area contributed by atoms with Gasteiger partial charge in [0.25, 0.3) is 0 Å². The number of nitrogens with zero attached hydrogens (tertiary/aromatic N) is 1. The van der Waals surface area contributed by atoms with E-state index in [0.29, 0.717) is 24.5 Å². The Morgan fingerprint density at radius 2 is 1.57 bits per heavy atom. The number of rotatable bonds is 13. The fourth-order valence-electron chi connectivity index (χ4n) is 4.11. The molecule has 0 radical (unpaired) electrons. The summed E-state index contributed by atoms with van der Waals surface area (Å²) in [6.07, 6.45) is 2.22. The molecule has 0 saturated carbocycles. The SMILES string of the molecule is CCCCNC(=O)C(Cc1ccccc1)N(Cc1ccc(F)cc1)C(=O)Cc1ccc(OC)c(OC)c1. The second-order valence-corrected chi connectivity index (χ2v) is 8.86. The van der Waals surface area contributed by atoms with E-state index in [1.165, 1.54) is 12.1 Å². The third-order valence-electron chi connectivity index (χ3n) is 6.17. The molecule has 1 unspecified atom stereocenters. The van der Waals surface area contributed by atoms with E-state index < -0.39 is 6.04 Å². The number of hydrogen-bond donors (Lipinski definition) is 1. The van der Waals surface area contributed by atoms with Crippen molar-refractivity contribution in [1.29, 1.82) is 0 Å². The Hall–Kier alpha value is -3.87. The van der Waals surface area contributed by atoms with E-state index in [4.69, 9.17) is 9.47 Å². The smallest absolute Gasteiger partial charge is 0.243 e. The fourth-order valence-corrected chi connectivity index (χ4v) is 4.11. The lowest BCUT2D eigenvalue weighted by molar-refractivity contribution is -0.140. The van der Waals surface area contributed by atoms with Gasteiger partial charge in [0.2, 0.25) is 11.8 Å². The number of carbonyl (C=O) groups excluding carboxylic acids is 2. The van der Waals surface area contributed by atoms with E-state index in [9.17, 15) is 14.0 Å². The average Bonchev–Trinajstić information content (AvgIpc) is 2.92. The van der Waals surface area contributed by atoms with Crippen molar-refractivity contribution < 1.29 is 23.5 Å². The summed E-state index contributed by atoms with van der Waals surface area (Å²) in [6.45, 7) is 2.76. The van der Waals surface area contributed by atoms with Gasteiger partial charge >= 0.3 is 0 Å². The molecule has 0 aromatic heterocycles. The summed E-state index contributed by atoms with van der Waals surface area (Å²) in [5.74, 6) is 0.309. The summed E-state index contributed by atoms with van der Waals surface area (Å²) in [5, 5.41) is 3.00. The molecule has 0 aliphatic rings. The lowest BCUT2D eigenvalue weighted by atomic mass is 10.0. The van der Waals surface area contributed by atoms with Gasteiger partial charge < -0.3 is 19.7 Å². The molecule has 3 rings (SSSR count). The maximum Gasteiger partial charge on any atom is 0.243 e. The van der Waals surface area contributed by atoms with Crippen LogP contribution in [0.15, 0.2) is 72.8 Å². The van der Waals surface area contributed by atoms with Crippen LogP contribution in [0.1, 0.15) is 36.5 Å². The fraction of sp³-hybridized carbons (Fsp3) is 0.333. The van der Waals surface area contributed by atoms with Crippen molar-refractivity contribution in [3.05, 3.63) is 95.3 Å². The molecule has 0 spiro atoms. The van der Waals surface area contributed by atoms with E-state index in [0.717, 1.165) is 29.5 Å². The van der Waals surface area contributed by atoms with Crippen molar-refractivity contribution in [3.8, 4) is 11.5 Å². The summed E-state index contributed by atoms with van der Waals surface area (Å²) in [7, 11) is 3.10. The second-order valence-electron chi connectivity index (χ2n) is 8.86. The molecule has 37 heavy (non-hydrogen) atoms. The number of hydrogen-bond acceptors (Lipinski definition) is 4. The van der Waals surface area contributed by atoms with Gasteiger partial charge in [-0.1, -0.05) is 61.9 Å². The van der Waals surface area contributed by atoms with Crippen molar-refractivity contribution in [2.24, 2.45) is 0 Å². The third-order valence-corrected chi connectivity index (χ3v) is 6.17. The molecule has 1 N–H and O–H groups in total. The number of unbranched alkanes of at least 4 members (excludes halogenated alkanes) is 1. The number of carbonyl (C=O) groups is 2. The van der Waals surface area contributed by atoms with Gasteiger partial charge in [0.15, 0.2) is 11.5 Å². The number of methoxy groups -OCH3 is 2. The Bertz CT molecular complexity index is 1150. The van der Waals surface area contributed by atoms with E-state index in [1.54, 1.807) is 43.4 Å². The minimum Gasteiger partial charge on any atom is -0.493 e. The summed E-state index contributed by atoms with van der Waals surface area (Å²) >= 11 is 0. The first kappa shape index (κ1) is 27.7. The van der Waals surface area contributed by atoms with Gasteiger partial charge in [-0.25, -0.2) is 4.39 Å². The molecule has 0 aliphatic carbocycles. The number of nitrogens with one attached hydrogen (secondary N) is 1. The Morgan fingerprint density at radius 1 is 0.892 bits per heavy atom. The molecule has 0 saturated heterocycles. The van der Waals surface area contributed by atoms with Crippen LogP contribution in [0.5, 0.6) is 11.5 Å². The molecule has 0 heterocycles. The zero-order chi connectivity index (χ0) is 26.6. The zero-order valence-corrected chi connectivity index (χ0v) is 21.7. The molecule has 3 aromatic rings. The van der Waals surface area contributed by atoms with Crippen LogP contribution in [0, 0.1) is 5.82 Å². The van der Waals surface area contributed by atoms with Crippen molar-refractivity contribution in [2.45, 2.75) is 45.2 Å². The number of halogens is 1. The van der Waals surface area contributed by atoms with Gasteiger partial charge in [-0.05, 0) is 47.4 Å². The van der Waals surface area contributed by atoms with Gasteiger partial charge in [0, 0.05) is 19.5 Å². The summed E-state index contributed by atoms with van der Waals surface area (Å²) in [5.41, 5.74) is 2.42.